The molecule has 128 valence electrons. The summed E-state index contributed by atoms with van der Waals surface area (Å²) in [5, 5.41) is 11.3. The van der Waals surface area contributed by atoms with Gasteiger partial charge in [-0.1, -0.05) is 19.8 Å². The monoisotopic (exact) mass is 341 g/mol. The molecule has 1 rings (SSSR count). The molecule has 23 heavy (non-hydrogen) atoms. The Morgan fingerprint density at radius 3 is 2.22 bits per heavy atom. The van der Waals surface area contributed by atoms with Crippen molar-refractivity contribution in [1.82, 2.24) is 5.32 Å². The second-order valence-electron chi connectivity index (χ2n) is 5.24. The second-order valence-corrected chi connectivity index (χ2v) is 7.52. The maximum absolute atomic E-state index is 11.9. The first-order valence-electron chi connectivity index (χ1n) is 7.69. The van der Waals surface area contributed by atoms with Crippen molar-refractivity contribution in [3.8, 4) is 0 Å². The topological polar surface area (TPSA) is 101 Å². The highest BCUT2D eigenvalue weighted by atomic mass is 32.2. The van der Waals surface area contributed by atoms with Crippen LogP contribution in [-0.4, -0.2) is 37.7 Å². The van der Waals surface area contributed by atoms with Gasteiger partial charge in [-0.05, 0) is 37.1 Å². The molecule has 1 amide bonds. The number of nitrogens with one attached hydrogen (secondary N) is 1. The SMILES string of the molecule is CCS(=O)(=O)c1ccc(C(=O)NCCCCCCC(=O)O)cc1. The largest absolute Gasteiger partial charge is 0.481 e. The number of hydrogen-bond donors (Lipinski definition) is 2. The van der Waals surface area contributed by atoms with E-state index in [-0.39, 0.29) is 23.0 Å². The van der Waals surface area contributed by atoms with Gasteiger partial charge in [0.25, 0.3) is 5.91 Å². The Balaban J connectivity index is 2.34. The second kappa shape index (κ2) is 9.29. The van der Waals surface area contributed by atoms with E-state index < -0.39 is 15.8 Å². The number of aliphatic carboxylic acids is 1. The predicted octanol–water partition coefficient (Wildman–Crippen LogP) is 2.25. The standard InChI is InChI=1S/C16H23NO5S/c1-2-23(21,22)14-10-8-13(9-11-14)16(20)17-12-6-4-3-5-7-15(18)19/h8-11H,2-7,12H2,1H3,(H,17,20)(H,18,19). The van der Waals surface area contributed by atoms with E-state index >= 15 is 0 Å². The number of carboxylic acids is 1. The minimum atomic E-state index is -3.25. The summed E-state index contributed by atoms with van der Waals surface area (Å²) in [4.78, 5) is 22.5. The molecule has 0 aliphatic heterocycles. The maximum Gasteiger partial charge on any atom is 0.303 e. The van der Waals surface area contributed by atoms with Crippen molar-refractivity contribution in [3.63, 3.8) is 0 Å². The number of benzene rings is 1. The molecule has 0 aliphatic rings. The molecular formula is C16H23NO5S. The Morgan fingerprint density at radius 1 is 1.04 bits per heavy atom. The van der Waals surface area contributed by atoms with Crippen LogP contribution in [0.15, 0.2) is 29.2 Å². The number of carbonyl (C=O) groups is 2. The van der Waals surface area contributed by atoms with E-state index in [9.17, 15) is 18.0 Å². The van der Waals surface area contributed by atoms with Crippen molar-refractivity contribution in [3.05, 3.63) is 29.8 Å². The highest BCUT2D eigenvalue weighted by Crippen LogP contribution is 2.12. The van der Waals surface area contributed by atoms with Gasteiger partial charge in [0.15, 0.2) is 9.84 Å². The smallest absolute Gasteiger partial charge is 0.303 e. The quantitative estimate of drug-likeness (QED) is 0.636. The lowest BCUT2D eigenvalue weighted by molar-refractivity contribution is -0.137. The van der Waals surface area contributed by atoms with Gasteiger partial charge in [0, 0.05) is 18.5 Å². The first-order valence-corrected chi connectivity index (χ1v) is 9.35. The Kier molecular flexibility index (Phi) is 7.74. The molecule has 2 N–H and O–H groups in total. The summed E-state index contributed by atoms with van der Waals surface area (Å²) in [6, 6.07) is 5.90. The first-order chi connectivity index (χ1) is 10.9. The van der Waals surface area contributed by atoms with E-state index in [1.54, 1.807) is 6.92 Å². The Hall–Kier alpha value is -1.89. The zero-order valence-electron chi connectivity index (χ0n) is 13.2. The van der Waals surface area contributed by atoms with Crippen molar-refractivity contribution >= 4 is 21.7 Å². The predicted molar refractivity (Wildman–Crippen MR) is 87.2 cm³/mol. The fourth-order valence-electron chi connectivity index (χ4n) is 2.04. The van der Waals surface area contributed by atoms with Crippen molar-refractivity contribution in [1.29, 1.82) is 0 Å². The number of carboxylic acid groups (broad SMARTS) is 1. The number of amides is 1. The molecule has 0 atom stereocenters. The van der Waals surface area contributed by atoms with Gasteiger partial charge in [0.1, 0.15) is 0 Å². The maximum atomic E-state index is 11.9. The molecule has 0 aliphatic carbocycles. The highest BCUT2D eigenvalue weighted by molar-refractivity contribution is 7.91. The lowest BCUT2D eigenvalue weighted by Crippen LogP contribution is -2.24. The third-order valence-corrected chi connectivity index (χ3v) is 5.21. The summed E-state index contributed by atoms with van der Waals surface area (Å²) in [6.07, 6.45) is 3.30. The van der Waals surface area contributed by atoms with Crippen LogP contribution in [0, 0.1) is 0 Å². The zero-order chi connectivity index (χ0) is 17.3. The van der Waals surface area contributed by atoms with Crippen molar-refractivity contribution in [2.75, 3.05) is 12.3 Å². The number of unbranched alkanes of at least 4 members (excludes halogenated alkanes) is 3. The number of rotatable bonds is 10. The molecule has 0 saturated carbocycles. The highest BCUT2D eigenvalue weighted by Gasteiger charge is 2.12. The van der Waals surface area contributed by atoms with E-state index in [1.165, 1.54) is 24.3 Å². The lowest BCUT2D eigenvalue weighted by Gasteiger charge is -2.06. The van der Waals surface area contributed by atoms with E-state index in [0.717, 1.165) is 19.3 Å². The molecule has 0 aromatic heterocycles. The van der Waals surface area contributed by atoms with E-state index in [0.29, 0.717) is 18.5 Å². The molecule has 7 heteroatoms. The van der Waals surface area contributed by atoms with Crippen molar-refractivity contribution < 1.29 is 23.1 Å². The summed E-state index contributed by atoms with van der Waals surface area (Å²) in [5.74, 6) is -0.997. The van der Waals surface area contributed by atoms with Gasteiger partial charge in [-0.2, -0.15) is 0 Å². The third-order valence-electron chi connectivity index (χ3n) is 3.46. The Morgan fingerprint density at radius 2 is 1.65 bits per heavy atom. The van der Waals surface area contributed by atoms with Gasteiger partial charge in [0.2, 0.25) is 0 Å². The lowest BCUT2D eigenvalue weighted by atomic mass is 10.1. The summed E-state index contributed by atoms with van der Waals surface area (Å²) in [7, 11) is -3.25. The van der Waals surface area contributed by atoms with Crippen LogP contribution >= 0.6 is 0 Å². The molecule has 0 fully saturated rings. The van der Waals surface area contributed by atoms with E-state index in [2.05, 4.69) is 5.32 Å². The van der Waals surface area contributed by atoms with Crippen LogP contribution in [-0.2, 0) is 14.6 Å². The van der Waals surface area contributed by atoms with E-state index in [4.69, 9.17) is 5.11 Å². The number of carbonyl (C=O) groups excluding carboxylic acids is 1. The summed E-state index contributed by atoms with van der Waals surface area (Å²) in [6.45, 7) is 2.09. The van der Waals surface area contributed by atoms with Crippen LogP contribution in [0.4, 0.5) is 0 Å². The summed E-state index contributed by atoms with van der Waals surface area (Å²) < 4.78 is 23.4. The van der Waals surface area contributed by atoms with Crippen LogP contribution in [0.25, 0.3) is 0 Å². The van der Waals surface area contributed by atoms with E-state index in [1.807, 2.05) is 0 Å². The average molecular weight is 341 g/mol. The van der Waals surface area contributed by atoms with Crippen LogP contribution in [0.1, 0.15) is 49.4 Å². The molecule has 0 bridgehead atoms. The molecule has 0 saturated heterocycles. The minimum Gasteiger partial charge on any atom is -0.481 e. The molecule has 0 heterocycles. The molecule has 0 unspecified atom stereocenters. The summed E-state index contributed by atoms with van der Waals surface area (Å²) in [5.41, 5.74) is 0.422. The molecular weight excluding hydrogens is 318 g/mol. The zero-order valence-corrected chi connectivity index (χ0v) is 14.1. The Bertz CT molecular complexity index is 622. The fraction of sp³-hybridized carbons (Fsp3) is 0.500. The van der Waals surface area contributed by atoms with Gasteiger partial charge < -0.3 is 10.4 Å². The van der Waals surface area contributed by atoms with Crippen LogP contribution in [0.5, 0.6) is 0 Å². The third kappa shape index (κ3) is 6.81. The number of hydrogen-bond acceptors (Lipinski definition) is 4. The first kappa shape index (κ1) is 19.2. The molecule has 0 spiro atoms. The normalized spacial score (nSPS) is 11.2. The Labute approximate surface area is 136 Å². The van der Waals surface area contributed by atoms with Crippen LogP contribution < -0.4 is 5.32 Å². The van der Waals surface area contributed by atoms with Gasteiger partial charge in [-0.3, -0.25) is 9.59 Å². The molecule has 0 radical (unpaired) electrons. The number of sulfone groups is 1. The van der Waals surface area contributed by atoms with Gasteiger partial charge in [0.05, 0.1) is 10.6 Å². The molecule has 1 aromatic rings. The average Bonchev–Trinajstić information content (AvgIpc) is 2.53. The van der Waals surface area contributed by atoms with Crippen LogP contribution in [0.3, 0.4) is 0 Å². The fourth-order valence-corrected chi connectivity index (χ4v) is 2.92. The van der Waals surface area contributed by atoms with Gasteiger partial charge in [-0.15, -0.1) is 0 Å². The van der Waals surface area contributed by atoms with Gasteiger partial charge >= 0.3 is 5.97 Å². The molecule has 6 nitrogen and oxygen atoms in total. The summed E-state index contributed by atoms with van der Waals surface area (Å²) >= 11 is 0. The molecule has 1 aromatic carbocycles. The van der Waals surface area contributed by atoms with Gasteiger partial charge in [-0.25, -0.2) is 8.42 Å². The van der Waals surface area contributed by atoms with Crippen LogP contribution in [0.2, 0.25) is 0 Å². The van der Waals surface area contributed by atoms with Crippen molar-refractivity contribution in [2.24, 2.45) is 0 Å². The minimum absolute atomic E-state index is 0.0282. The van der Waals surface area contributed by atoms with Crippen molar-refractivity contribution in [2.45, 2.75) is 43.9 Å².